The molecule has 0 spiro atoms. The highest BCUT2D eigenvalue weighted by Crippen LogP contribution is 2.27. The van der Waals surface area contributed by atoms with Gasteiger partial charge in [0.15, 0.2) is 4.80 Å². The monoisotopic (exact) mass is 443 g/mol. The van der Waals surface area contributed by atoms with E-state index in [0.717, 1.165) is 32.4 Å². The predicted molar refractivity (Wildman–Crippen MR) is 128 cm³/mol. The van der Waals surface area contributed by atoms with Crippen molar-refractivity contribution in [2.45, 2.75) is 13.5 Å². The molecule has 0 N–H and O–H groups in total. The van der Waals surface area contributed by atoms with Gasteiger partial charge in [0.2, 0.25) is 0 Å². The van der Waals surface area contributed by atoms with Crippen molar-refractivity contribution in [2.24, 2.45) is 4.99 Å². The fourth-order valence-electron chi connectivity index (χ4n) is 3.72. The largest absolute Gasteiger partial charge is 0.315 e. The Kier molecular flexibility index (Phi) is 5.14. The summed E-state index contributed by atoms with van der Waals surface area (Å²) in [5.74, 6) is -0.291. The molecule has 2 aromatic heterocycles. The van der Waals surface area contributed by atoms with Crippen molar-refractivity contribution >= 4 is 50.0 Å². The Hall–Kier alpha value is -3.28. The van der Waals surface area contributed by atoms with Crippen LogP contribution in [-0.4, -0.2) is 15.5 Å². The number of aromatic nitrogens is 2. The number of benzene rings is 3. The summed E-state index contributed by atoms with van der Waals surface area (Å²) in [5, 5.41) is 1.45. The molecule has 0 bridgehead atoms. The van der Waals surface area contributed by atoms with E-state index in [4.69, 9.17) is 16.6 Å². The number of halogens is 1. The first-order chi connectivity index (χ1) is 15.2. The third-order valence-electron chi connectivity index (χ3n) is 5.18. The molecule has 1 amide bonds. The van der Waals surface area contributed by atoms with Crippen LogP contribution in [0.2, 0.25) is 5.02 Å². The van der Waals surface area contributed by atoms with E-state index in [1.165, 1.54) is 11.3 Å². The Morgan fingerprint density at radius 3 is 2.61 bits per heavy atom. The molecule has 0 aliphatic carbocycles. The van der Waals surface area contributed by atoms with Crippen molar-refractivity contribution in [3.63, 3.8) is 0 Å². The number of aryl methyl sites for hydroxylation is 1. The maximum Gasteiger partial charge on any atom is 0.280 e. The molecule has 0 aliphatic heterocycles. The van der Waals surface area contributed by atoms with E-state index in [2.05, 4.69) is 4.99 Å². The zero-order valence-corrected chi connectivity index (χ0v) is 18.3. The first kappa shape index (κ1) is 19.7. The number of nitrogens with zero attached hydrogens (tertiary/aromatic N) is 3. The highest BCUT2D eigenvalue weighted by molar-refractivity contribution is 7.16. The SMILES string of the molecule is CCn1c(=NC(=O)c2cc(-c3ccccc3)nc3ccccc23)sc2cccc(Cl)c21. The Balaban J connectivity index is 1.72. The summed E-state index contributed by atoms with van der Waals surface area (Å²) in [6.45, 7) is 2.69. The molecule has 31 heavy (non-hydrogen) atoms. The molecular formula is C25H18ClN3OS. The van der Waals surface area contributed by atoms with Gasteiger partial charge in [0.1, 0.15) is 0 Å². The average molecular weight is 444 g/mol. The molecule has 0 unspecified atom stereocenters. The summed E-state index contributed by atoms with van der Waals surface area (Å²) < 4.78 is 2.99. The number of rotatable bonds is 3. The maximum absolute atomic E-state index is 13.4. The second-order valence-corrected chi connectivity index (χ2v) is 8.49. The topological polar surface area (TPSA) is 47.2 Å². The van der Waals surface area contributed by atoms with Gasteiger partial charge in [-0.15, -0.1) is 0 Å². The molecule has 0 aliphatic rings. The van der Waals surface area contributed by atoms with E-state index in [-0.39, 0.29) is 5.91 Å². The Morgan fingerprint density at radius 1 is 1.03 bits per heavy atom. The van der Waals surface area contributed by atoms with Crippen molar-refractivity contribution in [3.05, 3.63) is 94.3 Å². The first-order valence-corrected chi connectivity index (χ1v) is 11.2. The molecule has 5 rings (SSSR count). The molecule has 6 heteroatoms. The van der Waals surface area contributed by atoms with Gasteiger partial charge in [-0.1, -0.05) is 77.5 Å². The summed E-state index contributed by atoms with van der Waals surface area (Å²) in [6.07, 6.45) is 0. The number of carbonyl (C=O) groups is 1. The molecule has 152 valence electrons. The van der Waals surface area contributed by atoms with E-state index in [9.17, 15) is 4.79 Å². The van der Waals surface area contributed by atoms with Crippen LogP contribution < -0.4 is 4.80 Å². The minimum atomic E-state index is -0.291. The number of hydrogen-bond donors (Lipinski definition) is 0. The number of hydrogen-bond acceptors (Lipinski definition) is 3. The van der Waals surface area contributed by atoms with Crippen molar-refractivity contribution in [1.29, 1.82) is 0 Å². The number of fused-ring (bicyclic) bond motifs is 2. The molecule has 0 saturated carbocycles. The third-order valence-corrected chi connectivity index (χ3v) is 6.53. The van der Waals surface area contributed by atoms with Gasteiger partial charge >= 0.3 is 0 Å². The number of para-hydroxylation sites is 2. The minimum Gasteiger partial charge on any atom is -0.315 e. The van der Waals surface area contributed by atoms with Crippen LogP contribution in [0.25, 0.3) is 32.4 Å². The molecule has 2 heterocycles. The van der Waals surface area contributed by atoms with Crippen LogP contribution in [-0.2, 0) is 6.54 Å². The Morgan fingerprint density at radius 2 is 1.81 bits per heavy atom. The fraction of sp³-hybridized carbons (Fsp3) is 0.0800. The third kappa shape index (κ3) is 3.56. The van der Waals surface area contributed by atoms with Gasteiger partial charge < -0.3 is 4.57 Å². The molecule has 0 atom stereocenters. The van der Waals surface area contributed by atoms with Crippen LogP contribution in [0.15, 0.2) is 83.9 Å². The molecule has 0 fully saturated rings. The summed E-state index contributed by atoms with van der Waals surface area (Å²) in [4.78, 5) is 23.3. The lowest BCUT2D eigenvalue weighted by molar-refractivity contribution is 0.0999. The highest BCUT2D eigenvalue weighted by atomic mass is 35.5. The lowest BCUT2D eigenvalue weighted by Gasteiger charge is -2.08. The van der Waals surface area contributed by atoms with Gasteiger partial charge in [-0.2, -0.15) is 4.99 Å². The van der Waals surface area contributed by atoms with Crippen LogP contribution in [0, 0.1) is 0 Å². The van der Waals surface area contributed by atoms with E-state index >= 15 is 0 Å². The van der Waals surface area contributed by atoms with Gasteiger partial charge in [-0.3, -0.25) is 4.79 Å². The lowest BCUT2D eigenvalue weighted by Crippen LogP contribution is -2.16. The predicted octanol–water partition coefficient (Wildman–Crippen LogP) is 6.33. The molecule has 4 nitrogen and oxygen atoms in total. The summed E-state index contributed by atoms with van der Waals surface area (Å²) in [7, 11) is 0. The molecular weight excluding hydrogens is 426 g/mol. The standard InChI is InChI=1S/C25H18ClN3OS/c1-2-29-23-19(26)12-8-14-22(23)31-25(29)28-24(30)18-15-21(16-9-4-3-5-10-16)27-20-13-7-6-11-17(18)20/h3-15H,2H2,1H3. The minimum absolute atomic E-state index is 0.291. The average Bonchev–Trinajstić information content (AvgIpc) is 3.17. The van der Waals surface area contributed by atoms with Gasteiger partial charge in [0.05, 0.1) is 32.0 Å². The first-order valence-electron chi connectivity index (χ1n) is 9.98. The number of thiazole rings is 1. The number of pyridine rings is 1. The second kappa shape index (κ2) is 8.10. The van der Waals surface area contributed by atoms with Crippen LogP contribution in [0.1, 0.15) is 17.3 Å². The van der Waals surface area contributed by atoms with Crippen LogP contribution >= 0.6 is 22.9 Å². The van der Waals surface area contributed by atoms with Crippen molar-refractivity contribution < 1.29 is 4.79 Å². The van der Waals surface area contributed by atoms with E-state index in [1.54, 1.807) is 0 Å². The molecule has 0 radical (unpaired) electrons. The zero-order valence-electron chi connectivity index (χ0n) is 16.7. The fourth-order valence-corrected chi connectivity index (χ4v) is 5.17. The summed E-state index contributed by atoms with van der Waals surface area (Å²) in [5.41, 5.74) is 3.92. The lowest BCUT2D eigenvalue weighted by atomic mass is 10.0. The van der Waals surface area contributed by atoms with Crippen molar-refractivity contribution in [2.75, 3.05) is 0 Å². The van der Waals surface area contributed by atoms with Gasteiger partial charge in [0, 0.05) is 17.5 Å². The summed E-state index contributed by atoms with van der Waals surface area (Å²) in [6, 6.07) is 25.1. The summed E-state index contributed by atoms with van der Waals surface area (Å²) >= 11 is 7.89. The maximum atomic E-state index is 13.4. The second-order valence-electron chi connectivity index (χ2n) is 7.07. The van der Waals surface area contributed by atoms with E-state index in [1.807, 2.05) is 90.4 Å². The zero-order chi connectivity index (χ0) is 21.4. The van der Waals surface area contributed by atoms with Crippen molar-refractivity contribution in [1.82, 2.24) is 9.55 Å². The van der Waals surface area contributed by atoms with Gasteiger partial charge in [-0.05, 0) is 31.2 Å². The molecule has 3 aromatic carbocycles. The van der Waals surface area contributed by atoms with E-state index < -0.39 is 0 Å². The van der Waals surface area contributed by atoms with E-state index in [0.29, 0.717) is 21.9 Å². The molecule has 5 aromatic rings. The quantitative estimate of drug-likeness (QED) is 0.327. The highest BCUT2D eigenvalue weighted by Gasteiger charge is 2.15. The normalized spacial score (nSPS) is 12.0. The van der Waals surface area contributed by atoms with Crippen LogP contribution in [0.5, 0.6) is 0 Å². The molecule has 0 saturated heterocycles. The van der Waals surface area contributed by atoms with Crippen LogP contribution in [0.3, 0.4) is 0 Å². The smallest absolute Gasteiger partial charge is 0.280 e. The van der Waals surface area contributed by atoms with Gasteiger partial charge in [-0.25, -0.2) is 4.98 Å². The van der Waals surface area contributed by atoms with Crippen LogP contribution in [0.4, 0.5) is 0 Å². The van der Waals surface area contributed by atoms with Crippen molar-refractivity contribution in [3.8, 4) is 11.3 Å². The Labute approximate surface area is 188 Å². The number of carbonyl (C=O) groups excluding carboxylic acids is 1. The number of amides is 1. The van der Waals surface area contributed by atoms with Gasteiger partial charge in [0.25, 0.3) is 5.91 Å². The Bertz CT molecular complexity index is 1500.